The molecule has 4 nitrogen and oxygen atoms in total. The average Bonchev–Trinajstić information content (AvgIpc) is 2.42. The number of nitrogens with zero attached hydrogens (tertiary/aromatic N) is 1. The molecule has 0 saturated heterocycles. The van der Waals surface area contributed by atoms with Crippen molar-refractivity contribution in [2.45, 2.75) is 6.92 Å². The molecule has 0 fully saturated rings. The quantitative estimate of drug-likeness (QED) is 0.923. The number of hydrogen-bond donors (Lipinski definition) is 1. The number of halogens is 1. The molecule has 1 heterocycles. The molecule has 2 rings (SSSR count). The van der Waals surface area contributed by atoms with Gasteiger partial charge < -0.3 is 10.1 Å². The minimum absolute atomic E-state index is 0.149. The van der Waals surface area contributed by atoms with Gasteiger partial charge in [-0.05, 0) is 25.1 Å². The maximum atomic E-state index is 13.7. The van der Waals surface area contributed by atoms with Crippen molar-refractivity contribution in [3.05, 3.63) is 53.5 Å². The van der Waals surface area contributed by atoms with Crippen LogP contribution in [0.5, 0.6) is 11.6 Å². The van der Waals surface area contributed by atoms with E-state index in [1.807, 2.05) is 19.1 Å². The van der Waals surface area contributed by atoms with Crippen LogP contribution in [0.1, 0.15) is 15.9 Å². The summed E-state index contributed by atoms with van der Waals surface area (Å²) in [5, 5.41) is 2.40. The van der Waals surface area contributed by atoms with E-state index in [0.29, 0.717) is 5.75 Å². The van der Waals surface area contributed by atoms with E-state index in [2.05, 4.69) is 10.3 Å². The molecule has 98 valence electrons. The summed E-state index contributed by atoms with van der Waals surface area (Å²) in [6, 6.07) is 8.25. The van der Waals surface area contributed by atoms with Crippen molar-refractivity contribution in [3.63, 3.8) is 0 Å². The van der Waals surface area contributed by atoms with Crippen LogP contribution < -0.4 is 10.1 Å². The first-order valence-corrected chi connectivity index (χ1v) is 5.72. The van der Waals surface area contributed by atoms with E-state index in [4.69, 9.17) is 4.74 Å². The molecule has 1 N–H and O–H groups in total. The first kappa shape index (κ1) is 13.0. The molecule has 0 radical (unpaired) electrons. The highest BCUT2D eigenvalue weighted by Gasteiger charge is 2.11. The van der Waals surface area contributed by atoms with Crippen LogP contribution >= 0.6 is 0 Å². The van der Waals surface area contributed by atoms with Crippen LogP contribution in [0.4, 0.5) is 4.39 Å². The summed E-state index contributed by atoms with van der Waals surface area (Å²) >= 11 is 0. The SMILES string of the molecule is CNC(=O)c1cnc(Oc2ccc(C)cc2)c(F)c1. The van der Waals surface area contributed by atoms with Gasteiger partial charge in [-0.1, -0.05) is 17.7 Å². The smallest absolute Gasteiger partial charge is 0.255 e. The van der Waals surface area contributed by atoms with Gasteiger partial charge in [-0.15, -0.1) is 0 Å². The Bertz CT molecular complexity index is 597. The van der Waals surface area contributed by atoms with Gasteiger partial charge in [0.15, 0.2) is 5.82 Å². The number of hydrogen-bond acceptors (Lipinski definition) is 3. The summed E-state index contributed by atoms with van der Waals surface area (Å²) in [4.78, 5) is 15.1. The number of carbonyl (C=O) groups excluding carboxylic acids is 1. The monoisotopic (exact) mass is 260 g/mol. The molecular weight excluding hydrogens is 247 g/mol. The van der Waals surface area contributed by atoms with Crippen molar-refractivity contribution in [1.82, 2.24) is 10.3 Å². The molecule has 0 saturated carbocycles. The Labute approximate surface area is 110 Å². The molecule has 0 aliphatic heterocycles. The number of aromatic nitrogens is 1. The Morgan fingerprint density at radius 3 is 2.58 bits per heavy atom. The molecule has 0 bridgehead atoms. The van der Waals surface area contributed by atoms with E-state index in [-0.39, 0.29) is 11.4 Å². The topological polar surface area (TPSA) is 51.2 Å². The predicted octanol–water partition coefficient (Wildman–Crippen LogP) is 2.68. The highest BCUT2D eigenvalue weighted by Crippen LogP contribution is 2.22. The lowest BCUT2D eigenvalue weighted by molar-refractivity contribution is 0.0962. The Hall–Kier alpha value is -2.43. The number of aryl methyl sites for hydroxylation is 1. The fourth-order valence-corrected chi connectivity index (χ4v) is 1.49. The van der Waals surface area contributed by atoms with Crippen LogP contribution in [0.25, 0.3) is 0 Å². The third kappa shape index (κ3) is 3.07. The van der Waals surface area contributed by atoms with Crippen LogP contribution in [-0.4, -0.2) is 17.9 Å². The van der Waals surface area contributed by atoms with Gasteiger partial charge in [0.2, 0.25) is 0 Å². The van der Waals surface area contributed by atoms with E-state index in [1.165, 1.54) is 13.2 Å². The summed E-state index contributed by atoms with van der Waals surface area (Å²) in [6.45, 7) is 1.95. The average molecular weight is 260 g/mol. The van der Waals surface area contributed by atoms with E-state index in [9.17, 15) is 9.18 Å². The molecule has 1 aromatic heterocycles. The highest BCUT2D eigenvalue weighted by atomic mass is 19.1. The van der Waals surface area contributed by atoms with E-state index in [0.717, 1.165) is 11.6 Å². The molecule has 19 heavy (non-hydrogen) atoms. The first-order valence-electron chi connectivity index (χ1n) is 5.72. The zero-order valence-corrected chi connectivity index (χ0v) is 10.6. The first-order chi connectivity index (χ1) is 9.10. The number of amides is 1. The van der Waals surface area contributed by atoms with E-state index >= 15 is 0 Å². The Kier molecular flexibility index (Phi) is 3.75. The van der Waals surface area contributed by atoms with Gasteiger partial charge in [0.1, 0.15) is 5.75 Å². The fourth-order valence-electron chi connectivity index (χ4n) is 1.49. The minimum Gasteiger partial charge on any atom is -0.436 e. The molecule has 1 amide bonds. The van der Waals surface area contributed by atoms with E-state index in [1.54, 1.807) is 12.1 Å². The summed E-state index contributed by atoms with van der Waals surface area (Å²) < 4.78 is 19.1. The predicted molar refractivity (Wildman–Crippen MR) is 68.8 cm³/mol. The Morgan fingerprint density at radius 2 is 2.00 bits per heavy atom. The molecule has 0 aliphatic rings. The summed E-state index contributed by atoms with van der Waals surface area (Å²) in [5.41, 5.74) is 1.23. The van der Waals surface area contributed by atoms with Crippen molar-refractivity contribution in [2.24, 2.45) is 0 Å². The zero-order chi connectivity index (χ0) is 13.8. The lowest BCUT2D eigenvalue weighted by atomic mass is 10.2. The van der Waals surface area contributed by atoms with E-state index < -0.39 is 11.7 Å². The molecule has 5 heteroatoms. The van der Waals surface area contributed by atoms with Gasteiger partial charge in [-0.2, -0.15) is 0 Å². The number of ether oxygens (including phenoxy) is 1. The van der Waals surface area contributed by atoms with Gasteiger partial charge in [0, 0.05) is 13.2 Å². The fraction of sp³-hybridized carbons (Fsp3) is 0.143. The summed E-state index contributed by atoms with van der Waals surface area (Å²) in [7, 11) is 1.47. The molecule has 2 aromatic rings. The van der Waals surface area contributed by atoms with Crippen LogP contribution in [0.3, 0.4) is 0 Å². The highest BCUT2D eigenvalue weighted by molar-refractivity contribution is 5.93. The summed E-state index contributed by atoms with van der Waals surface area (Å²) in [6.07, 6.45) is 1.27. The third-order valence-electron chi connectivity index (χ3n) is 2.53. The van der Waals surface area contributed by atoms with Crippen molar-refractivity contribution >= 4 is 5.91 Å². The molecular formula is C14H13FN2O2. The largest absolute Gasteiger partial charge is 0.436 e. The van der Waals surface area contributed by atoms with Crippen LogP contribution in [0, 0.1) is 12.7 Å². The van der Waals surface area contributed by atoms with Gasteiger partial charge in [-0.3, -0.25) is 4.79 Å². The van der Waals surface area contributed by atoms with Gasteiger partial charge in [0.05, 0.1) is 5.56 Å². The standard InChI is InChI=1S/C14H13FN2O2/c1-9-3-5-11(6-4-9)19-14-12(15)7-10(8-17-14)13(18)16-2/h3-8H,1-2H3,(H,16,18). The summed E-state index contributed by atoms with van der Waals surface area (Å²) in [5.74, 6) is -0.740. The molecule has 0 aliphatic carbocycles. The van der Waals surface area contributed by atoms with Gasteiger partial charge >= 0.3 is 0 Å². The zero-order valence-electron chi connectivity index (χ0n) is 10.6. The lowest BCUT2D eigenvalue weighted by Gasteiger charge is -2.07. The van der Waals surface area contributed by atoms with Crippen molar-refractivity contribution in [2.75, 3.05) is 7.05 Å². The number of pyridine rings is 1. The Balaban J connectivity index is 2.22. The maximum absolute atomic E-state index is 13.7. The van der Waals surface area contributed by atoms with Crippen molar-refractivity contribution in [3.8, 4) is 11.6 Å². The second-order valence-corrected chi connectivity index (χ2v) is 4.01. The molecule has 0 atom stereocenters. The molecule has 0 unspecified atom stereocenters. The van der Waals surface area contributed by atoms with Crippen LogP contribution in [0.2, 0.25) is 0 Å². The minimum atomic E-state index is -0.679. The molecule has 0 spiro atoms. The number of benzene rings is 1. The number of nitrogens with one attached hydrogen (secondary N) is 1. The Morgan fingerprint density at radius 1 is 1.32 bits per heavy atom. The second kappa shape index (κ2) is 5.48. The third-order valence-corrected chi connectivity index (χ3v) is 2.53. The number of rotatable bonds is 3. The normalized spacial score (nSPS) is 10.1. The number of carbonyl (C=O) groups is 1. The van der Waals surface area contributed by atoms with Gasteiger partial charge in [-0.25, -0.2) is 9.37 Å². The maximum Gasteiger partial charge on any atom is 0.255 e. The van der Waals surface area contributed by atoms with Gasteiger partial charge in [0.25, 0.3) is 11.8 Å². The van der Waals surface area contributed by atoms with Crippen molar-refractivity contribution < 1.29 is 13.9 Å². The lowest BCUT2D eigenvalue weighted by Crippen LogP contribution is -2.18. The van der Waals surface area contributed by atoms with Crippen molar-refractivity contribution in [1.29, 1.82) is 0 Å². The van der Waals surface area contributed by atoms with Crippen LogP contribution in [-0.2, 0) is 0 Å². The van der Waals surface area contributed by atoms with Crippen LogP contribution in [0.15, 0.2) is 36.5 Å². The molecule has 1 aromatic carbocycles. The second-order valence-electron chi connectivity index (χ2n) is 4.01.